The van der Waals surface area contributed by atoms with E-state index in [2.05, 4.69) is 17.3 Å². The minimum Gasteiger partial charge on any atom is -0.494 e. The second-order valence-corrected chi connectivity index (χ2v) is 8.72. The van der Waals surface area contributed by atoms with Crippen molar-refractivity contribution in [3.05, 3.63) is 59.7 Å². The van der Waals surface area contributed by atoms with Crippen molar-refractivity contribution in [3.63, 3.8) is 0 Å². The molecule has 1 amide bonds. The summed E-state index contributed by atoms with van der Waals surface area (Å²) in [6.45, 7) is 6.42. The van der Waals surface area contributed by atoms with E-state index in [4.69, 9.17) is 14.2 Å². The summed E-state index contributed by atoms with van der Waals surface area (Å²) in [6, 6.07) is 16.6. The van der Waals surface area contributed by atoms with Crippen LogP contribution in [0, 0.1) is 6.92 Å². The number of rotatable bonds is 13. The van der Waals surface area contributed by atoms with Crippen LogP contribution in [0.5, 0.6) is 11.5 Å². The van der Waals surface area contributed by atoms with E-state index < -0.39 is 0 Å². The van der Waals surface area contributed by atoms with Gasteiger partial charge in [0.25, 0.3) is 0 Å². The Labute approximate surface area is 198 Å². The zero-order chi connectivity index (χ0) is 23.3. The Balaban J connectivity index is 1.28. The van der Waals surface area contributed by atoms with Gasteiger partial charge in [-0.1, -0.05) is 24.3 Å². The number of hydrogen-bond acceptors (Lipinski definition) is 5. The van der Waals surface area contributed by atoms with Gasteiger partial charge in [0.1, 0.15) is 18.1 Å². The minimum atomic E-state index is 0.0648. The first-order valence-corrected chi connectivity index (χ1v) is 12.1. The minimum absolute atomic E-state index is 0.0648. The number of amides is 1. The highest BCUT2D eigenvalue weighted by Gasteiger charge is 2.18. The largest absolute Gasteiger partial charge is 0.494 e. The molecular weight excluding hydrogens is 416 g/mol. The summed E-state index contributed by atoms with van der Waals surface area (Å²) in [5.41, 5.74) is 2.23. The lowest BCUT2D eigenvalue weighted by molar-refractivity contribution is -0.121. The lowest BCUT2D eigenvalue weighted by atomic mass is 10.1. The Hall–Kier alpha value is -2.57. The second kappa shape index (κ2) is 13.9. The van der Waals surface area contributed by atoms with E-state index in [-0.39, 0.29) is 5.91 Å². The molecule has 6 nitrogen and oxygen atoms in total. The molecule has 1 N–H and O–H groups in total. The Kier molecular flexibility index (Phi) is 10.5. The first kappa shape index (κ1) is 25.1. The Bertz CT molecular complexity index is 852. The molecule has 6 heteroatoms. The van der Waals surface area contributed by atoms with Gasteiger partial charge in [-0.25, -0.2) is 0 Å². The van der Waals surface area contributed by atoms with Gasteiger partial charge in [0.2, 0.25) is 5.91 Å². The van der Waals surface area contributed by atoms with Gasteiger partial charge in [-0.3, -0.25) is 9.69 Å². The second-order valence-electron chi connectivity index (χ2n) is 8.72. The number of hydrogen-bond donors (Lipinski definition) is 1. The van der Waals surface area contributed by atoms with Crippen molar-refractivity contribution in [1.82, 2.24) is 10.2 Å². The maximum atomic E-state index is 12.2. The molecule has 33 heavy (non-hydrogen) atoms. The fourth-order valence-electron chi connectivity index (χ4n) is 3.93. The van der Waals surface area contributed by atoms with E-state index in [1.165, 1.54) is 5.56 Å². The van der Waals surface area contributed by atoms with Gasteiger partial charge < -0.3 is 19.5 Å². The van der Waals surface area contributed by atoms with Crippen LogP contribution >= 0.6 is 0 Å². The van der Waals surface area contributed by atoms with Gasteiger partial charge >= 0.3 is 0 Å². The summed E-state index contributed by atoms with van der Waals surface area (Å²) >= 11 is 0. The van der Waals surface area contributed by atoms with Gasteiger partial charge in [-0.05, 0) is 75.0 Å². The van der Waals surface area contributed by atoms with E-state index in [0.29, 0.717) is 32.2 Å². The molecule has 1 saturated heterocycles. The lowest BCUT2D eigenvalue weighted by Gasteiger charge is -2.31. The highest BCUT2D eigenvalue weighted by atomic mass is 16.5. The van der Waals surface area contributed by atoms with Crippen LogP contribution in [0.3, 0.4) is 0 Å². The molecule has 3 rings (SSSR count). The smallest absolute Gasteiger partial charge is 0.220 e. The van der Waals surface area contributed by atoms with E-state index >= 15 is 0 Å². The first-order valence-electron chi connectivity index (χ1n) is 12.1. The third kappa shape index (κ3) is 9.44. The Morgan fingerprint density at radius 1 is 1.03 bits per heavy atom. The lowest BCUT2D eigenvalue weighted by Crippen LogP contribution is -2.38. The van der Waals surface area contributed by atoms with Crippen molar-refractivity contribution < 1.29 is 19.0 Å². The average molecular weight is 455 g/mol. The molecule has 1 aliphatic rings. The van der Waals surface area contributed by atoms with Crippen LogP contribution in [0.25, 0.3) is 0 Å². The monoisotopic (exact) mass is 454 g/mol. The normalized spacial score (nSPS) is 14.3. The number of carbonyl (C=O) groups excluding carboxylic acids is 1. The zero-order valence-corrected chi connectivity index (χ0v) is 20.1. The van der Waals surface area contributed by atoms with Gasteiger partial charge in [-0.15, -0.1) is 0 Å². The maximum absolute atomic E-state index is 12.2. The van der Waals surface area contributed by atoms with E-state index in [9.17, 15) is 4.79 Å². The number of nitrogens with zero attached hydrogens (tertiary/aromatic N) is 1. The van der Waals surface area contributed by atoms with Crippen molar-refractivity contribution >= 4 is 5.91 Å². The number of nitrogens with one attached hydrogen (secondary N) is 1. The molecule has 180 valence electrons. The van der Waals surface area contributed by atoms with Crippen molar-refractivity contribution in [2.24, 2.45) is 0 Å². The summed E-state index contributed by atoms with van der Waals surface area (Å²) in [4.78, 5) is 14.5. The SMILES string of the molecule is Cc1cccc(OCCCCC(=O)NCc2cccc(OCCN(C)C3CCOCC3)c2)c1. The van der Waals surface area contributed by atoms with E-state index in [1.54, 1.807) is 0 Å². The fraction of sp³-hybridized carbons (Fsp3) is 0.519. The third-order valence-electron chi connectivity index (χ3n) is 5.97. The molecular formula is C27H38N2O4. The van der Waals surface area contributed by atoms with Gasteiger partial charge in [-0.2, -0.15) is 0 Å². The first-order chi connectivity index (χ1) is 16.1. The van der Waals surface area contributed by atoms with Crippen LogP contribution < -0.4 is 14.8 Å². The molecule has 2 aromatic rings. The Morgan fingerprint density at radius 3 is 2.55 bits per heavy atom. The quantitative estimate of drug-likeness (QED) is 0.456. The fourth-order valence-corrected chi connectivity index (χ4v) is 3.93. The van der Waals surface area contributed by atoms with Gasteiger partial charge in [0.15, 0.2) is 0 Å². The van der Waals surface area contributed by atoms with Crippen LogP contribution in [-0.4, -0.2) is 56.9 Å². The van der Waals surface area contributed by atoms with Crippen molar-refractivity contribution in [3.8, 4) is 11.5 Å². The van der Waals surface area contributed by atoms with Gasteiger partial charge in [0, 0.05) is 38.8 Å². The average Bonchev–Trinajstić information content (AvgIpc) is 2.83. The van der Waals surface area contributed by atoms with Crippen molar-refractivity contribution in [2.75, 3.05) is 40.0 Å². The molecule has 2 aromatic carbocycles. The van der Waals surface area contributed by atoms with Crippen LogP contribution in [0.1, 0.15) is 43.2 Å². The summed E-state index contributed by atoms with van der Waals surface area (Å²) < 4.78 is 17.1. The maximum Gasteiger partial charge on any atom is 0.220 e. The molecule has 0 atom stereocenters. The molecule has 1 aliphatic heterocycles. The van der Waals surface area contributed by atoms with Crippen molar-refractivity contribution in [1.29, 1.82) is 0 Å². The molecule has 0 bridgehead atoms. The number of ether oxygens (including phenoxy) is 3. The van der Waals surface area contributed by atoms with Crippen LogP contribution in [0.2, 0.25) is 0 Å². The predicted octanol–water partition coefficient (Wildman–Crippen LogP) is 4.35. The Morgan fingerprint density at radius 2 is 1.76 bits per heavy atom. The molecule has 0 aromatic heterocycles. The molecule has 0 radical (unpaired) electrons. The highest BCUT2D eigenvalue weighted by Crippen LogP contribution is 2.16. The van der Waals surface area contributed by atoms with Crippen LogP contribution in [-0.2, 0) is 16.1 Å². The summed E-state index contributed by atoms with van der Waals surface area (Å²) in [7, 11) is 2.15. The molecule has 0 aliphatic carbocycles. The summed E-state index contributed by atoms with van der Waals surface area (Å²) in [6.07, 6.45) is 4.34. The molecule has 0 unspecified atom stereocenters. The highest BCUT2D eigenvalue weighted by molar-refractivity contribution is 5.75. The number of likely N-dealkylation sites (N-methyl/N-ethyl adjacent to an activating group) is 1. The predicted molar refractivity (Wildman–Crippen MR) is 131 cm³/mol. The van der Waals surface area contributed by atoms with E-state index in [1.807, 2.05) is 55.5 Å². The van der Waals surface area contributed by atoms with Gasteiger partial charge in [0.05, 0.1) is 6.61 Å². The van der Waals surface area contributed by atoms with Crippen molar-refractivity contribution in [2.45, 2.75) is 51.6 Å². The summed E-state index contributed by atoms with van der Waals surface area (Å²) in [5.74, 6) is 1.79. The van der Waals surface area contributed by atoms with E-state index in [0.717, 1.165) is 62.5 Å². The number of carbonyl (C=O) groups is 1. The molecule has 1 fully saturated rings. The standard InChI is InChI=1S/C27H38N2O4/c1-22-7-5-9-25(19-22)32-15-4-3-11-27(30)28-21-23-8-6-10-26(20-23)33-18-14-29(2)24-12-16-31-17-13-24/h5-10,19-20,24H,3-4,11-18,21H2,1-2H3,(H,28,30). The number of aryl methyl sites for hydroxylation is 1. The molecule has 0 spiro atoms. The zero-order valence-electron chi connectivity index (χ0n) is 20.1. The summed E-state index contributed by atoms with van der Waals surface area (Å²) in [5, 5.41) is 3.00. The number of unbranched alkanes of at least 4 members (excludes halogenated alkanes) is 1. The topological polar surface area (TPSA) is 60.0 Å². The van der Waals surface area contributed by atoms with Crippen LogP contribution in [0.15, 0.2) is 48.5 Å². The number of benzene rings is 2. The third-order valence-corrected chi connectivity index (χ3v) is 5.97. The van der Waals surface area contributed by atoms with Crippen LogP contribution in [0.4, 0.5) is 0 Å². The molecule has 0 saturated carbocycles. The molecule has 1 heterocycles.